The van der Waals surface area contributed by atoms with Gasteiger partial charge >= 0.3 is 0 Å². The van der Waals surface area contributed by atoms with Gasteiger partial charge in [0.05, 0.1) is 0 Å². The van der Waals surface area contributed by atoms with Gasteiger partial charge in [0.15, 0.2) is 0 Å². The number of allylic oxidation sites excluding steroid dienone is 1. The topological polar surface area (TPSA) is 6.48 Å². The summed E-state index contributed by atoms with van der Waals surface area (Å²) in [6, 6.07) is 14.4. The van der Waals surface area contributed by atoms with E-state index in [1.165, 1.54) is 64.9 Å². The van der Waals surface area contributed by atoms with Crippen molar-refractivity contribution in [1.29, 1.82) is 0 Å². The summed E-state index contributed by atoms with van der Waals surface area (Å²) < 4.78 is 0. The first-order chi connectivity index (χ1) is 16.8. The van der Waals surface area contributed by atoms with Crippen LogP contribution in [0.5, 0.6) is 0 Å². The summed E-state index contributed by atoms with van der Waals surface area (Å²) in [4.78, 5) is 5.03. The van der Waals surface area contributed by atoms with Gasteiger partial charge < -0.3 is 4.90 Å². The second kappa shape index (κ2) is 15.1. The van der Waals surface area contributed by atoms with E-state index in [0.717, 1.165) is 38.8 Å². The molecule has 2 rings (SSSR count). The van der Waals surface area contributed by atoms with Crippen LogP contribution in [0.15, 0.2) is 61.2 Å². The minimum absolute atomic E-state index is 0.370. The molecule has 1 unspecified atom stereocenters. The lowest BCUT2D eigenvalue weighted by molar-refractivity contribution is 0.262. The summed E-state index contributed by atoms with van der Waals surface area (Å²) in [7, 11) is 2.21. The van der Waals surface area contributed by atoms with Crippen LogP contribution in [0.1, 0.15) is 79.8 Å². The standard InChI is InChI=1S/C33H50N2/c1-9-19-35(20-10-2)21-18-31-23-29(15-13-27(31)6)22-30-16-14-28(7)32(24-30)25-34(8)33(11-3)17-12-26(4)5/h11,13-16,23-24,33H,3-4,9-10,12,17-22,25H2,1-2,5-8H3. The summed E-state index contributed by atoms with van der Waals surface area (Å²) in [5, 5.41) is 0. The second-order valence-electron chi connectivity index (χ2n) is 10.5. The predicted molar refractivity (Wildman–Crippen MR) is 155 cm³/mol. The average molecular weight is 475 g/mol. The molecule has 2 nitrogen and oxygen atoms in total. The zero-order valence-corrected chi connectivity index (χ0v) is 23.5. The highest BCUT2D eigenvalue weighted by Gasteiger charge is 2.13. The summed E-state index contributed by atoms with van der Waals surface area (Å²) >= 11 is 0. The van der Waals surface area contributed by atoms with Gasteiger partial charge in [0.1, 0.15) is 0 Å². The van der Waals surface area contributed by atoms with E-state index in [2.05, 4.69) is 107 Å². The van der Waals surface area contributed by atoms with Crippen molar-refractivity contribution in [3.8, 4) is 0 Å². The largest absolute Gasteiger partial charge is 0.303 e. The first-order valence-electron chi connectivity index (χ1n) is 13.6. The lowest BCUT2D eigenvalue weighted by atomic mass is 9.95. The third-order valence-corrected chi connectivity index (χ3v) is 7.14. The minimum Gasteiger partial charge on any atom is -0.303 e. The van der Waals surface area contributed by atoms with Crippen molar-refractivity contribution in [2.24, 2.45) is 0 Å². The maximum atomic E-state index is 4.08. The highest BCUT2D eigenvalue weighted by molar-refractivity contribution is 5.37. The molecule has 0 radical (unpaired) electrons. The highest BCUT2D eigenvalue weighted by Crippen LogP contribution is 2.21. The Labute approximate surface area is 216 Å². The molecule has 0 fully saturated rings. The summed E-state index contributed by atoms with van der Waals surface area (Å²) in [5.74, 6) is 0. The number of nitrogens with zero attached hydrogens (tertiary/aromatic N) is 2. The zero-order valence-electron chi connectivity index (χ0n) is 23.5. The maximum absolute atomic E-state index is 4.08. The molecule has 0 bridgehead atoms. The fourth-order valence-corrected chi connectivity index (χ4v) is 4.89. The van der Waals surface area contributed by atoms with Gasteiger partial charge in [0.25, 0.3) is 0 Å². The molecular weight excluding hydrogens is 424 g/mol. The number of rotatable bonds is 16. The third kappa shape index (κ3) is 9.78. The van der Waals surface area contributed by atoms with E-state index < -0.39 is 0 Å². The van der Waals surface area contributed by atoms with Gasteiger partial charge in [-0.2, -0.15) is 0 Å². The van der Waals surface area contributed by atoms with Crippen LogP contribution >= 0.6 is 0 Å². The van der Waals surface area contributed by atoms with Crippen molar-refractivity contribution < 1.29 is 0 Å². The number of aryl methyl sites for hydroxylation is 2. The maximum Gasteiger partial charge on any atom is 0.0279 e. The Hall–Kier alpha value is -2.16. The molecule has 192 valence electrons. The van der Waals surface area contributed by atoms with Crippen molar-refractivity contribution in [3.63, 3.8) is 0 Å². The highest BCUT2D eigenvalue weighted by atomic mass is 15.1. The van der Waals surface area contributed by atoms with Gasteiger partial charge in [-0.3, -0.25) is 4.90 Å². The fourth-order valence-electron chi connectivity index (χ4n) is 4.89. The Balaban J connectivity index is 2.10. The van der Waals surface area contributed by atoms with Crippen molar-refractivity contribution >= 4 is 0 Å². The van der Waals surface area contributed by atoms with Crippen LogP contribution < -0.4 is 0 Å². The number of likely N-dealkylation sites (N-methyl/N-ethyl adjacent to an activating group) is 1. The van der Waals surface area contributed by atoms with E-state index in [0.29, 0.717) is 6.04 Å². The van der Waals surface area contributed by atoms with Gasteiger partial charge in [-0.15, -0.1) is 13.2 Å². The van der Waals surface area contributed by atoms with E-state index in [9.17, 15) is 0 Å². The molecule has 0 heterocycles. The molecule has 0 N–H and O–H groups in total. The van der Waals surface area contributed by atoms with E-state index >= 15 is 0 Å². The van der Waals surface area contributed by atoms with Crippen LogP contribution in [-0.2, 0) is 19.4 Å². The normalized spacial score (nSPS) is 12.3. The van der Waals surface area contributed by atoms with Crippen LogP contribution in [-0.4, -0.2) is 42.5 Å². The minimum atomic E-state index is 0.370. The predicted octanol–water partition coefficient (Wildman–Crippen LogP) is 7.90. The van der Waals surface area contributed by atoms with Crippen molar-refractivity contribution in [2.45, 2.75) is 85.7 Å². The Bertz CT molecular complexity index is 936. The molecule has 0 saturated heterocycles. The second-order valence-corrected chi connectivity index (χ2v) is 10.5. The summed E-state index contributed by atoms with van der Waals surface area (Å²) in [6.45, 7) is 23.8. The first kappa shape index (κ1) is 29.1. The van der Waals surface area contributed by atoms with Crippen LogP contribution in [0.25, 0.3) is 0 Å². The quantitative estimate of drug-likeness (QED) is 0.228. The summed E-state index contributed by atoms with van der Waals surface area (Å²) in [6.07, 6.45) is 8.78. The van der Waals surface area contributed by atoms with E-state index in [1.54, 1.807) is 0 Å². The molecule has 1 atom stereocenters. The first-order valence-corrected chi connectivity index (χ1v) is 13.6. The molecule has 0 aliphatic carbocycles. The Kier molecular flexibility index (Phi) is 12.5. The SMILES string of the molecule is C=CC(CCC(=C)C)N(C)Cc1cc(Cc2ccc(C)c(CCN(CCC)CCC)c2)ccc1C. The van der Waals surface area contributed by atoms with Crippen LogP contribution in [0.3, 0.4) is 0 Å². The molecule has 35 heavy (non-hydrogen) atoms. The molecule has 0 aromatic heterocycles. The lowest BCUT2D eigenvalue weighted by Gasteiger charge is -2.26. The molecule has 0 amide bonds. The summed E-state index contributed by atoms with van der Waals surface area (Å²) in [5.41, 5.74) is 9.73. The molecule has 2 aromatic carbocycles. The van der Waals surface area contributed by atoms with E-state index in [1.807, 2.05) is 0 Å². The molecule has 0 saturated carbocycles. The molecule has 2 heteroatoms. The van der Waals surface area contributed by atoms with Crippen LogP contribution in [0.2, 0.25) is 0 Å². The number of hydrogen-bond donors (Lipinski definition) is 0. The van der Waals surface area contributed by atoms with Gasteiger partial charge in [-0.25, -0.2) is 0 Å². The number of benzene rings is 2. The molecule has 2 aromatic rings. The smallest absolute Gasteiger partial charge is 0.0279 e. The van der Waals surface area contributed by atoms with Gasteiger partial charge in [-0.05, 0) is 113 Å². The van der Waals surface area contributed by atoms with Gasteiger partial charge in [0, 0.05) is 19.1 Å². The fraction of sp³-hybridized carbons (Fsp3) is 0.515. The lowest BCUT2D eigenvalue weighted by Crippen LogP contribution is -2.29. The zero-order chi connectivity index (χ0) is 25.8. The van der Waals surface area contributed by atoms with Crippen LogP contribution in [0.4, 0.5) is 0 Å². The Morgan fingerprint density at radius 3 is 2.03 bits per heavy atom. The van der Waals surface area contributed by atoms with E-state index in [4.69, 9.17) is 0 Å². The molecule has 0 spiro atoms. The van der Waals surface area contributed by atoms with Gasteiger partial charge in [0.2, 0.25) is 0 Å². The molecule has 0 aliphatic heterocycles. The van der Waals surface area contributed by atoms with E-state index in [-0.39, 0.29) is 0 Å². The Morgan fingerprint density at radius 2 is 1.49 bits per heavy atom. The molecular formula is C33H50N2. The van der Waals surface area contributed by atoms with Gasteiger partial charge in [-0.1, -0.05) is 61.9 Å². The molecule has 0 aliphatic rings. The third-order valence-electron chi connectivity index (χ3n) is 7.14. The van der Waals surface area contributed by atoms with Crippen molar-refractivity contribution in [2.75, 3.05) is 26.7 Å². The average Bonchev–Trinajstić information content (AvgIpc) is 2.82. The van der Waals surface area contributed by atoms with Crippen molar-refractivity contribution in [1.82, 2.24) is 9.80 Å². The van der Waals surface area contributed by atoms with Crippen LogP contribution in [0, 0.1) is 13.8 Å². The Morgan fingerprint density at radius 1 is 0.914 bits per heavy atom. The monoisotopic (exact) mass is 474 g/mol. The number of hydrogen-bond acceptors (Lipinski definition) is 2. The van der Waals surface area contributed by atoms with Crippen molar-refractivity contribution in [3.05, 3.63) is 94.6 Å².